The Morgan fingerprint density at radius 2 is 1.90 bits per heavy atom. The summed E-state index contributed by atoms with van der Waals surface area (Å²) in [4.78, 5) is 36.8. The molecule has 4 aromatic heterocycles. The smallest absolute Gasteiger partial charge is 0.292 e. The van der Waals surface area contributed by atoms with Gasteiger partial charge in [-0.3, -0.25) is 14.3 Å². The summed E-state index contributed by atoms with van der Waals surface area (Å²) in [6.07, 6.45) is 3.33. The summed E-state index contributed by atoms with van der Waals surface area (Å²) in [7, 11) is 0. The molecule has 148 valence electrons. The molecule has 8 heteroatoms. The monoisotopic (exact) mass is 415 g/mol. The van der Waals surface area contributed by atoms with Crippen molar-refractivity contribution in [2.75, 3.05) is 0 Å². The first-order valence-electron chi connectivity index (χ1n) is 9.42. The molecule has 1 aromatic carbocycles. The standard InChI is InChI=1S/C22H17N5O2S/c1-13-14(2)30-21-18(13)20-24-19(16-9-6-10-23-11-16)25-27(20)22(29)26(21)12-17(28)15-7-4-3-5-8-15/h3-11H,12H2,1-2H3. The summed E-state index contributed by atoms with van der Waals surface area (Å²) in [5.41, 5.74) is 2.44. The Bertz CT molecular complexity index is 1470. The molecule has 0 aliphatic rings. The molecule has 30 heavy (non-hydrogen) atoms. The zero-order valence-electron chi connectivity index (χ0n) is 16.4. The van der Waals surface area contributed by atoms with Crippen LogP contribution in [-0.4, -0.2) is 29.9 Å². The van der Waals surface area contributed by atoms with Crippen LogP contribution in [0.1, 0.15) is 20.8 Å². The number of aryl methyl sites for hydroxylation is 2. The lowest BCUT2D eigenvalue weighted by Crippen LogP contribution is -2.30. The minimum absolute atomic E-state index is 0.0588. The number of thiophene rings is 1. The largest absolute Gasteiger partial charge is 0.352 e. The van der Waals surface area contributed by atoms with Crippen molar-refractivity contribution in [2.24, 2.45) is 0 Å². The van der Waals surface area contributed by atoms with Crippen molar-refractivity contribution >= 4 is 33.0 Å². The van der Waals surface area contributed by atoms with Gasteiger partial charge in [-0.15, -0.1) is 16.4 Å². The molecule has 0 amide bonds. The number of benzene rings is 1. The van der Waals surface area contributed by atoms with E-state index in [1.54, 1.807) is 30.6 Å². The fraction of sp³-hybridized carbons (Fsp3) is 0.136. The Hall–Kier alpha value is -3.65. The lowest BCUT2D eigenvalue weighted by molar-refractivity contribution is 0.0972. The molecule has 5 rings (SSSR count). The summed E-state index contributed by atoms with van der Waals surface area (Å²) in [5, 5.41) is 5.30. The fourth-order valence-electron chi connectivity index (χ4n) is 3.49. The second kappa shape index (κ2) is 7.00. The molecule has 5 aromatic rings. The number of hydrogen-bond donors (Lipinski definition) is 0. The van der Waals surface area contributed by atoms with E-state index in [0.29, 0.717) is 17.0 Å². The number of rotatable bonds is 4. The number of nitrogens with zero attached hydrogens (tertiary/aromatic N) is 5. The van der Waals surface area contributed by atoms with E-state index < -0.39 is 0 Å². The van der Waals surface area contributed by atoms with Crippen LogP contribution in [0.2, 0.25) is 0 Å². The average Bonchev–Trinajstić information content (AvgIpc) is 3.34. The highest BCUT2D eigenvalue weighted by molar-refractivity contribution is 7.19. The second-order valence-corrected chi connectivity index (χ2v) is 8.24. The number of aromatic nitrogens is 5. The first-order valence-corrected chi connectivity index (χ1v) is 10.2. The van der Waals surface area contributed by atoms with Crippen molar-refractivity contribution in [2.45, 2.75) is 20.4 Å². The predicted octanol–water partition coefficient (Wildman–Crippen LogP) is 3.67. The van der Waals surface area contributed by atoms with Crippen molar-refractivity contribution in [1.29, 1.82) is 0 Å². The van der Waals surface area contributed by atoms with Crippen molar-refractivity contribution < 1.29 is 4.79 Å². The average molecular weight is 415 g/mol. The zero-order valence-corrected chi connectivity index (χ0v) is 17.2. The van der Waals surface area contributed by atoms with Gasteiger partial charge in [-0.1, -0.05) is 30.3 Å². The van der Waals surface area contributed by atoms with Crippen LogP contribution in [0.5, 0.6) is 0 Å². The third-order valence-electron chi connectivity index (χ3n) is 5.17. The third kappa shape index (κ3) is 2.84. The maximum atomic E-state index is 13.3. The summed E-state index contributed by atoms with van der Waals surface area (Å²) in [6.45, 7) is 3.94. The highest BCUT2D eigenvalue weighted by Gasteiger charge is 2.21. The number of fused-ring (bicyclic) bond motifs is 3. The molecule has 0 unspecified atom stereocenters. The quantitative estimate of drug-likeness (QED) is 0.418. The van der Waals surface area contributed by atoms with Gasteiger partial charge in [0.25, 0.3) is 0 Å². The number of ketones is 1. The van der Waals surface area contributed by atoms with Crippen LogP contribution >= 0.6 is 11.3 Å². The number of carbonyl (C=O) groups is 1. The molecule has 0 aliphatic carbocycles. The van der Waals surface area contributed by atoms with Crippen molar-refractivity contribution in [3.63, 3.8) is 0 Å². The van der Waals surface area contributed by atoms with E-state index in [4.69, 9.17) is 0 Å². The molecule has 0 atom stereocenters. The van der Waals surface area contributed by atoms with Crippen LogP contribution in [0.25, 0.3) is 27.3 Å². The maximum absolute atomic E-state index is 13.3. The molecule has 0 N–H and O–H groups in total. The number of carbonyl (C=O) groups excluding carboxylic acids is 1. The van der Waals surface area contributed by atoms with Crippen LogP contribution in [0.3, 0.4) is 0 Å². The first kappa shape index (κ1) is 18.4. The zero-order chi connectivity index (χ0) is 20.8. The molecule has 4 heterocycles. The maximum Gasteiger partial charge on any atom is 0.352 e. The highest BCUT2D eigenvalue weighted by atomic mass is 32.1. The van der Waals surface area contributed by atoms with Crippen molar-refractivity contribution in [3.8, 4) is 11.4 Å². The summed E-state index contributed by atoms with van der Waals surface area (Å²) in [6, 6.07) is 12.6. The van der Waals surface area contributed by atoms with Gasteiger partial charge in [-0.25, -0.2) is 9.78 Å². The van der Waals surface area contributed by atoms with Gasteiger partial charge < -0.3 is 0 Å². The second-order valence-electron chi connectivity index (χ2n) is 7.03. The lowest BCUT2D eigenvalue weighted by Gasteiger charge is -2.08. The molecule has 0 radical (unpaired) electrons. The van der Waals surface area contributed by atoms with Crippen LogP contribution < -0.4 is 5.69 Å². The van der Waals surface area contributed by atoms with E-state index in [9.17, 15) is 9.59 Å². The van der Waals surface area contributed by atoms with E-state index in [-0.39, 0.29) is 18.0 Å². The summed E-state index contributed by atoms with van der Waals surface area (Å²) in [5.74, 6) is 0.298. The number of pyridine rings is 1. The van der Waals surface area contributed by atoms with E-state index in [2.05, 4.69) is 15.1 Å². The van der Waals surface area contributed by atoms with Gasteiger partial charge in [-0.05, 0) is 31.5 Å². The van der Waals surface area contributed by atoms with Gasteiger partial charge in [0.2, 0.25) is 0 Å². The van der Waals surface area contributed by atoms with E-state index in [1.807, 2.05) is 38.1 Å². The van der Waals surface area contributed by atoms with Crippen LogP contribution in [0.15, 0.2) is 59.7 Å². The lowest BCUT2D eigenvalue weighted by atomic mass is 10.1. The van der Waals surface area contributed by atoms with Crippen LogP contribution in [-0.2, 0) is 6.54 Å². The first-order chi connectivity index (χ1) is 14.5. The molecular weight excluding hydrogens is 398 g/mol. The summed E-state index contributed by atoms with van der Waals surface area (Å²) < 4.78 is 2.80. The molecule has 0 saturated carbocycles. The van der Waals surface area contributed by atoms with Crippen LogP contribution in [0, 0.1) is 13.8 Å². The minimum atomic E-state index is -0.384. The van der Waals surface area contributed by atoms with E-state index >= 15 is 0 Å². The Kier molecular flexibility index (Phi) is 4.29. The topological polar surface area (TPSA) is 82.2 Å². The number of Topliss-reactive ketones (excluding diaryl/α,β-unsaturated/α-hetero) is 1. The van der Waals surface area contributed by atoms with Gasteiger partial charge in [-0.2, -0.15) is 4.52 Å². The normalized spacial score (nSPS) is 11.4. The third-order valence-corrected chi connectivity index (χ3v) is 6.40. The highest BCUT2D eigenvalue weighted by Crippen LogP contribution is 2.32. The molecule has 0 fully saturated rings. The van der Waals surface area contributed by atoms with Crippen molar-refractivity contribution in [3.05, 3.63) is 81.3 Å². The molecule has 0 aliphatic heterocycles. The minimum Gasteiger partial charge on any atom is -0.292 e. The Morgan fingerprint density at radius 3 is 2.63 bits per heavy atom. The van der Waals surface area contributed by atoms with Crippen molar-refractivity contribution in [1.82, 2.24) is 24.1 Å². The predicted molar refractivity (Wildman–Crippen MR) is 116 cm³/mol. The van der Waals surface area contributed by atoms with Gasteiger partial charge >= 0.3 is 5.69 Å². The summed E-state index contributed by atoms with van der Waals surface area (Å²) >= 11 is 1.49. The Morgan fingerprint density at radius 1 is 1.10 bits per heavy atom. The van der Waals surface area contributed by atoms with Gasteiger partial charge in [0.05, 0.1) is 11.9 Å². The Balaban J connectivity index is 1.76. The van der Waals surface area contributed by atoms with Gasteiger partial charge in [0, 0.05) is 28.4 Å². The Labute approximate surface area is 175 Å². The van der Waals surface area contributed by atoms with Gasteiger partial charge in [0.15, 0.2) is 17.3 Å². The number of hydrogen-bond acceptors (Lipinski definition) is 6. The van der Waals surface area contributed by atoms with Gasteiger partial charge in [0.1, 0.15) is 4.83 Å². The van der Waals surface area contributed by atoms with Crippen LogP contribution in [0.4, 0.5) is 0 Å². The molecular formula is C22H17N5O2S. The molecule has 0 bridgehead atoms. The van der Waals surface area contributed by atoms with E-state index in [1.165, 1.54) is 20.4 Å². The SMILES string of the molecule is Cc1sc2c(c1C)c1nc(-c3cccnc3)nn1c(=O)n2CC(=O)c1ccccc1. The molecule has 0 saturated heterocycles. The molecule has 0 spiro atoms. The fourth-order valence-corrected chi connectivity index (χ4v) is 4.63. The molecule has 7 nitrogen and oxygen atoms in total. The van der Waals surface area contributed by atoms with E-state index in [0.717, 1.165) is 26.2 Å².